The Kier molecular flexibility index (Phi) is 8.04. The fourth-order valence-corrected chi connectivity index (χ4v) is 1.86. The number of carbonyl (C=O) groups excluding carboxylic acids is 2. The van der Waals surface area contributed by atoms with Gasteiger partial charge in [-0.3, -0.25) is 9.59 Å². The molecular formula is C17H27N3O2. The van der Waals surface area contributed by atoms with Crippen LogP contribution in [0.3, 0.4) is 0 Å². The molecule has 0 aliphatic carbocycles. The summed E-state index contributed by atoms with van der Waals surface area (Å²) < 4.78 is 0. The highest BCUT2D eigenvalue weighted by molar-refractivity contribution is 5.95. The molecule has 0 aliphatic rings. The van der Waals surface area contributed by atoms with E-state index in [9.17, 15) is 9.59 Å². The van der Waals surface area contributed by atoms with Gasteiger partial charge in [-0.1, -0.05) is 26.3 Å². The molecule has 0 aromatic heterocycles. The van der Waals surface area contributed by atoms with Crippen molar-refractivity contribution in [3.8, 4) is 0 Å². The van der Waals surface area contributed by atoms with Gasteiger partial charge in [-0.05, 0) is 38.0 Å². The smallest absolute Gasteiger partial charge is 0.251 e. The fraction of sp³-hybridized carbons (Fsp3) is 0.529. The lowest BCUT2D eigenvalue weighted by atomic mass is 10.2. The molecule has 1 rings (SSSR count). The minimum Gasteiger partial charge on any atom is -0.376 e. The Morgan fingerprint density at radius 2 is 2.00 bits per heavy atom. The van der Waals surface area contributed by atoms with Gasteiger partial charge in [0.2, 0.25) is 5.91 Å². The second-order valence-corrected chi connectivity index (χ2v) is 5.42. The molecule has 0 radical (unpaired) electrons. The Bertz CT molecular complexity index is 489. The number of hydrogen-bond acceptors (Lipinski definition) is 3. The highest BCUT2D eigenvalue weighted by atomic mass is 16.2. The monoisotopic (exact) mass is 305 g/mol. The molecule has 1 aromatic carbocycles. The average molecular weight is 305 g/mol. The molecule has 5 heteroatoms. The Hall–Kier alpha value is -2.04. The van der Waals surface area contributed by atoms with E-state index in [-0.39, 0.29) is 24.4 Å². The molecule has 1 aromatic rings. The van der Waals surface area contributed by atoms with Crippen LogP contribution >= 0.6 is 0 Å². The number of rotatable bonds is 9. The summed E-state index contributed by atoms with van der Waals surface area (Å²) >= 11 is 0. The molecule has 0 spiro atoms. The zero-order chi connectivity index (χ0) is 16.4. The van der Waals surface area contributed by atoms with Crippen LogP contribution in [0.25, 0.3) is 0 Å². The van der Waals surface area contributed by atoms with E-state index in [2.05, 4.69) is 22.9 Å². The fourth-order valence-electron chi connectivity index (χ4n) is 1.86. The van der Waals surface area contributed by atoms with E-state index in [1.54, 1.807) is 12.1 Å². The highest BCUT2D eigenvalue weighted by Crippen LogP contribution is 2.10. The number of unbranched alkanes of at least 4 members (excludes halogenated alkanes) is 1. The van der Waals surface area contributed by atoms with Gasteiger partial charge in [0.25, 0.3) is 5.91 Å². The van der Waals surface area contributed by atoms with E-state index in [1.165, 1.54) is 0 Å². The van der Waals surface area contributed by atoms with Gasteiger partial charge in [0, 0.05) is 23.8 Å². The first-order chi connectivity index (χ1) is 10.6. The van der Waals surface area contributed by atoms with E-state index >= 15 is 0 Å². The largest absolute Gasteiger partial charge is 0.376 e. The van der Waals surface area contributed by atoms with E-state index in [0.29, 0.717) is 12.1 Å². The topological polar surface area (TPSA) is 70.2 Å². The van der Waals surface area contributed by atoms with Gasteiger partial charge in [-0.2, -0.15) is 0 Å². The lowest BCUT2D eigenvalue weighted by Crippen LogP contribution is -2.36. The summed E-state index contributed by atoms with van der Waals surface area (Å²) in [6.45, 7) is 6.97. The third kappa shape index (κ3) is 6.61. The number of amides is 2. The molecule has 0 bridgehead atoms. The molecule has 1 unspecified atom stereocenters. The van der Waals surface area contributed by atoms with Crippen molar-refractivity contribution in [1.82, 2.24) is 10.6 Å². The maximum atomic E-state index is 12.0. The molecule has 5 nitrogen and oxygen atoms in total. The quantitative estimate of drug-likeness (QED) is 0.614. The van der Waals surface area contributed by atoms with Crippen molar-refractivity contribution in [2.24, 2.45) is 0 Å². The van der Waals surface area contributed by atoms with Crippen molar-refractivity contribution in [1.29, 1.82) is 0 Å². The van der Waals surface area contributed by atoms with Crippen LogP contribution in [0, 0.1) is 0 Å². The lowest BCUT2D eigenvalue weighted by Gasteiger charge is -2.13. The van der Waals surface area contributed by atoms with Crippen molar-refractivity contribution >= 4 is 17.5 Å². The minimum absolute atomic E-state index is 0.0489. The summed E-state index contributed by atoms with van der Waals surface area (Å²) in [6, 6.07) is 7.36. The Morgan fingerprint density at radius 3 is 2.68 bits per heavy atom. The van der Waals surface area contributed by atoms with Gasteiger partial charge in [-0.25, -0.2) is 0 Å². The van der Waals surface area contributed by atoms with Gasteiger partial charge in [-0.15, -0.1) is 0 Å². The SMILES string of the molecule is CCCCNC(=O)c1cccc(NCC(=O)NC(C)CC)c1. The molecule has 0 saturated carbocycles. The van der Waals surface area contributed by atoms with Crippen molar-refractivity contribution in [3.63, 3.8) is 0 Å². The van der Waals surface area contributed by atoms with Gasteiger partial charge in [0.15, 0.2) is 0 Å². The molecule has 0 heterocycles. The molecule has 2 amide bonds. The number of hydrogen-bond donors (Lipinski definition) is 3. The van der Waals surface area contributed by atoms with Gasteiger partial charge < -0.3 is 16.0 Å². The highest BCUT2D eigenvalue weighted by Gasteiger charge is 2.07. The van der Waals surface area contributed by atoms with Crippen molar-refractivity contribution in [2.75, 3.05) is 18.4 Å². The summed E-state index contributed by atoms with van der Waals surface area (Å²) in [7, 11) is 0. The first-order valence-corrected chi connectivity index (χ1v) is 7.98. The van der Waals surface area contributed by atoms with Crippen LogP contribution in [0.4, 0.5) is 5.69 Å². The van der Waals surface area contributed by atoms with Crippen LogP contribution in [0.1, 0.15) is 50.4 Å². The predicted octanol–water partition coefficient (Wildman–Crippen LogP) is 2.54. The summed E-state index contributed by atoms with van der Waals surface area (Å²) in [4.78, 5) is 23.7. The summed E-state index contributed by atoms with van der Waals surface area (Å²) in [5, 5.41) is 8.81. The van der Waals surface area contributed by atoms with E-state index < -0.39 is 0 Å². The van der Waals surface area contributed by atoms with Crippen molar-refractivity contribution in [2.45, 2.75) is 46.1 Å². The van der Waals surface area contributed by atoms with Crippen LogP contribution in [0.15, 0.2) is 24.3 Å². The van der Waals surface area contributed by atoms with E-state index in [0.717, 1.165) is 24.9 Å². The molecule has 22 heavy (non-hydrogen) atoms. The van der Waals surface area contributed by atoms with Gasteiger partial charge >= 0.3 is 0 Å². The average Bonchev–Trinajstić information content (AvgIpc) is 2.53. The van der Waals surface area contributed by atoms with Crippen LogP contribution in [-0.2, 0) is 4.79 Å². The maximum Gasteiger partial charge on any atom is 0.251 e. The molecule has 0 aliphatic heterocycles. The maximum absolute atomic E-state index is 12.0. The summed E-state index contributed by atoms with van der Waals surface area (Å²) in [5.41, 5.74) is 1.37. The molecule has 1 atom stereocenters. The minimum atomic E-state index is -0.0823. The molecule has 122 valence electrons. The normalized spacial score (nSPS) is 11.6. The Morgan fingerprint density at radius 1 is 1.23 bits per heavy atom. The van der Waals surface area contributed by atoms with Crippen LogP contribution in [0.2, 0.25) is 0 Å². The molecule has 0 saturated heterocycles. The number of anilines is 1. The first kappa shape index (κ1) is 18.0. The summed E-state index contributed by atoms with van der Waals surface area (Å²) in [5.74, 6) is -0.131. The van der Waals surface area contributed by atoms with Crippen molar-refractivity contribution < 1.29 is 9.59 Å². The second-order valence-electron chi connectivity index (χ2n) is 5.42. The van der Waals surface area contributed by atoms with Gasteiger partial charge in [0.05, 0.1) is 6.54 Å². The second kappa shape index (κ2) is 9.82. The van der Waals surface area contributed by atoms with Crippen LogP contribution in [0.5, 0.6) is 0 Å². The third-order valence-corrected chi connectivity index (χ3v) is 3.41. The number of benzene rings is 1. The van der Waals surface area contributed by atoms with Crippen molar-refractivity contribution in [3.05, 3.63) is 29.8 Å². The standard InChI is InChI=1S/C17H27N3O2/c1-4-6-10-18-17(22)14-8-7-9-15(11-14)19-12-16(21)20-13(3)5-2/h7-9,11,13,19H,4-6,10,12H2,1-3H3,(H,18,22)(H,20,21). The van der Waals surface area contributed by atoms with Crippen LogP contribution in [-0.4, -0.2) is 30.9 Å². The molecule has 3 N–H and O–H groups in total. The summed E-state index contributed by atoms with van der Waals surface area (Å²) in [6.07, 6.45) is 2.92. The van der Waals surface area contributed by atoms with Crippen LogP contribution < -0.4 is 16.0 Å². The van der Waals surface area contributed by atoms with E-state index in [1.807, 2.05) is 26.0 Å². The Labute approximate surface area is 132 Å². The zero-order valence-corrected chi connectivity index (χ0v) is 13.7. The number of carbonyl (C=O) groups is 2. The molecular weight excluding hydrogens is 278 g/mol. The third-order valence-electron chi connectivity index (χ3n) is 3.41. The zero-order valence-electron chi connectivity index (χ0n) is 13.7. The van der Waals surface area contributed by atoms with Gasteiger partial charge in [0.1, 0.15) is 0 Å². The molecule has 0 fully saturated rings. The number of nitrogens with one attached hydrogen (secondary N) is 3. The lowest BCUT2D eigenvalue weighted by molar-refractivity contribution is -0.120. The first-order valence-electron chi connectivity index (χ1n) is 7.98. The Balaban J connectivity index is 2.50. The predicted molar refractivity (Wildman–Crippen MR) is 90.1 cm³/mol. The van der Waals surface area contributed by atoms with E-state index in [4.69, 9.17) is 0 Å².